The van der Waals surface area contributed by atoms with Crippen molar-refractivity contribution in [2.45, 2.75) is 32.6 Å². The Morgan fingerprint density at radius 3 is 2.70 bits per heavy atom. The maximum absolute atomic E-state index is 11.6. The summed E-state index contributed by atoms with van der Waals surface area (Å²) in [5.41, 5.74) is 0.251. The predicted molar refractivity (Wildman–Crippen MR) is 86.6 cm³/mol. The lowest BCUT2D eigenvalue weighted by atomic mass is 10.2. The van der Waals surface area contributed by atoms with Crippen molar-refractivity contribution in [3.63, 3.8) is 0 Å². The lowest BCUT2D eigenvalue weighted by Crippen LogP contribution is -2.33. The third kappa shape index (κ3) is 5.53. The molecule has 1 rings (SSSR count). The van der Waals surface area contributed by atoms with Gasteiger partial charge in [-0.3, -0.25) is 4.79 Å². The quantitative estimate of drug-likeness (QED) is 0.431. The van der Waals surface area contributed by atoms with Gasteiger partial charge in [-0.2, -0.15) is 0 Å². The molecule has 110 valence electrons. The van der Waals surface area contributed by atoms with Crippen LogP contribution in [0.15, 0.2) is 12.1 Å². The number of aromatic hydroxyl groups is 1. The van der Waals surface area contributed by atoms with E-state index < -0.39 is 0 Å². The number of phenols is 1. The standard InChI is InChI=1S/C13H16Cl2N2O2S/c1-2-3-4-5-11(18)17-13(20)16-10-7-8(14)6-9(15)12(10)19/h6-7,19H,2-5H2,1H3,(H2,16,17,18,20). The van der Waals surface area contributed by atoms with Gasteiger partial charge in [0.1, 0.15) is 0 Å². The molecule has 1 amide bonds. The first kappa shape index (κ1) is 17.0. The van der Waals surface area contributed by atoms with Crippen LogP contribution in [0.3, 0.4) is 0 Å². The van der Waals surface area contributed by atoms with Gasteiger partial charge < -0.3 is 15.7 Å². The van der Waals surface area contributed by atoms with Crippen molar-refractivity contribution in [2.75, 3.05) is 5.32 Å². The van der Waals surface area contributed by atoms with Crippen molar-refractivity contribution in [1.29, 1.82) is 0 Å². The number of amides is 1. The first-order valence-corrected chi connectivity index (χ1v) is 7.39. The van der Waals surface area contributed by atoms with E-state index in [1.54, 1.807) is 0 Å². The molecule has 1 aromatic rings. The number of nitrogens with one attached hydrogen (secondary N) is 2. The number of hydrogen-bond acceptors (Lipinski definition) is 3. The Labute approximate surface area is 133 Å². The molecule has 20 heavy (non-hydrogen) atoms. The molecule has 0 saturated heterocycles. The molecule has 0 heterocycles. The number of thiocarbonyl (C=S) groups is 1. The van der Waals surface area contributed by atoms with E-state index in [0.29, 0.717) is 11.4 Å². The smallest absolute Gasteiger partial charge is 0.226 e. The van der Waals surface area contributed by atoms with Gasteiger partial charge in [0, 0.05) is 11.4 Å². The Morgan fingerprint density at radius 1 is 1.35 bits per heavy atom. The number of phenolic OH excluding ortho intramolecular Hbond substituents is 1. The van der Waals surface area contributed by atoms with Crippen LogP contribution >= 0.6 is 35.4 Å². The van der Waals surface area contributed by atoms with Crippen LogP contribution in [0.1, 0.15) is 32.6 Å². The summed E-state index contributed by atoms with van der Waals surface area (Å²) in [6.07, 6.45) is 3.28. The summed E-state index contributed by atoms with van der Waals surface area (Å²) >= 11 is 16.6. The molecule has 0 aliphatic rings. The van der Waals surface area contributed by atoms with Crippen LogP contribution in [0.5, 0.6) is 5.75 Å². The van der Waals surface area contributed by atoms with Gasteiger partial charge in [-0.15, -0.1) is 0 Å². The minimum atomic E-state index is -0.168. The molecule has 0 saturated carbocycles. The zero-order valence-corrected chi connectivity index (χ0v) is 13.3. The topological polar surface area (TPSA) is 61.4 Å². The van der Waals surface area contributed by atoms with Crippen molar-refractivity contribution in [3.05, 3.63) is 22.2 Å². The van der Waals surface area contributed by atoms with E-state index in [9.17, 15) is 9.90 Å². The van der Waals surface area contributed by atoms with Gasteiger partial charge in [0.15, 0.2) is 10.9 Å². The second kappa shape index (κ2) is 8.29. The number of anilines is 1. The van der Waals surface area contributed by atoms with Gasteiger partial charge in [-0.05, 0) is 30.8 Å². The fourth-order valence-corrected chi connectivity index (χ4v) is 2.26. The maximum Gasteiger partial charge on any atom is 0.226 e. The number of carbonyl (C=O) groups excluding carboxylic acids is 1. The number of benzene rings is 1. The molecule has 0 bridgehead atoms. The fourth-order valence-electron chi connectivity index (χ4n) is 1.54. The summed E-state index contributed by atoms with van der Waals surface area (Å²) in [5.74, 6) is -0.331. The summed E-state index contributed by atoms with van der Waals surface area (Å²) in [5, 5.41) is 15.5. The molecule has 3 N–H and O–H groups in total. The van der Waals surface area contributed by atoms with E-state index in [1.807, 2.05) is 0 Å². The Hall–Kier alpha value is -1.04. The zero-order chi connectivity index (χ0) is 15.1. The van der Waals surface area contributed by atoms with Gasteiger partial charge >= 0.3 is 0 Å². The average Bonchev–Trinajstić information content (AvgIpc) is 2.35. The van der Waals surface area contributed by atoms with Crippen LogP contribution in [0.2, 0.25) is 10.0 Å². The molecule has 0 atom stereocenters. The molecule has 0 aromatic heterocycles. The first-order valence-electron chi connectivity index (χ1n) is 6.23. The van der Waals surface area contributed by atoms with Gasteiger partial charge in [0.25, 0.3) is 0 Å². The third-order valence-electron chi connectivity index (χ3n) is 2.54. The lowest BCUT2D eigenvalue weighted by molar-refractivity contribution is -0.119. The van der Waals surface area contributed by atoms with Gasteiger partial charge in [0.05, 0.1) is 10.7 Å². The van der Waals surface area contributed by atoms with Crippen molar-refractivity contribution < 1.29 is 9.90 Å². The molecule has 0 unspecified atom stereocenters. The molecule has 0 fully saturated rings. The van der Waals surface area contributed by atoms with Gasteiger partial charge in [0.2, 0.25) is 5.91 Å². The molecule has 0 spiro atoms. The second-order valence-electron chi connectivity index (χ2n) is 4.24. The highest BCUT2D eigenvalue weighted by Crippen LogP contribution is 2.34. The number of unbranched alkanes of at least 4 members (excludes halogenated alkanes) is 2. The van der Waals surface area contributed by atoms with Crippen LogP contribution in [0, 0.1) is 0 Å². The van der Waals surface area contributed by atoms with E-state index in [4.69, 9.17) is 35.4 Å². The Morgan fingerprint density at radius 2 is 2.05 bits per heavy atom. The molecule has 1 aromatic carbocycles. The molecule has 7 heteroatoms. The monoisotopic (exact) mass is 334 g/mol. The van der Waals surface area contributed by atoms with Crippen LogP contribution in [0.4, 0.5) is 5.69 Å². The maximum atomic E-state index is 11.6. The number of halogens is 2. The van der Waals surface area contributed by atoms with Crippen molar-refractivity contribution in [2.24, 2.45) is 0 Å². The summed E-state index contributed by atoms with van der Waals surface area (Å²) in [6, 6.07) is 2.88. The van der Waals surface area contributed by atoms with Gasteiger partial charge in [-0.1, -0.05) is 43.0 Å². The van der Waals surface area contributed by atoms with Crippen molar-refractivity contribution in [3.8, 4) is 5.75 Å². The largest absolute Gasteiger partial charge is 0.504 e. The highest BCUT2D eigenvalue weighted by atomic mass is 35.5. The summed E-state index contributed by atoms with van der Waals surface area (Å²) in [4.78, 5) is 11.6. The van der Waals surface area contributed by atoms with Crippen LogP contribution in [-0.2, 0) is 4.79 Å². The number of carbonyl (C=O) groups is 1. The predicted octanol–water partition coefficient (Wildman–Crippen LogP) is 4.09. The lowest BCUT2D eigenvalue weighted by Gasteiger charge is -2.12. The van der Waals surface area contributed by atoms with Gasteiger partial charge in [-0.25, -0.2) is 0 Å². The summed E-state index contributed by atoms with van der Waals surface area (Å²) < 4.78 is 0. The fraction of sp³-hybridized carbons (Fsp3) is 0.385. The SMILES string of the molecule is CCCCCC(=O)NC(=S)Nc1cc(Cl)cc(Cl)c1O. The van der Waals surface area contributed by atoms with Crippen LogP contribution in [-0.4, -0.2) is 16.1 Å². The zero-order valence-electron chi connectivity index (χ0n) is 11.0. The Kier molecular flexibility index (Phi) is 7.05. The minimum Gasteiger partial charge on any atom is -0.504 e. The highest BCUT2D eigenvalue weighted by molar-refractivity contribution is 7.80. The first-order chi connectivity index (χ1) is 9.43. The van der Waals surface area contributed by atoms with E-state index in [2.05, 4.69) is 17.6 Å². The summed E-state index contributed by atoms with van der Waals surface area (Å²) in [6.45, 7) is 2.07. The average molecular weight is 335 g/mol. The molecule has 0 aliphatic carbocycles. The molecular formula is C13H16Cl2N2O2S. The third-order valence-corrected chi connectivity index (χ3v) is 3.25. The molecule has 0 radical (unpaired) electrons. The number of rotatable bonds is 5. The van der Waals surface area contributed by atoms with E-state index in [-0.39, 0.29) is 27.5 Å². The van der Waals surface area contributed by atoms with Crippen LogP contribution < -0.4 is 10.6 Å². The Bertz CT molecular complexity index is 509. The molecular weight excluding hydrogens is 319 g/mol. The van der Waals surface area contributed by atoms with Crippen molar-refractivity contribution >= 4 is 52.1 Å². The van der Waals surface area contributed by atoms with E-state index >= 15 is 0 Å². The second-order valence-corrected chi connectivity index (χ2v) is 5.50. The normalized spacial score (nSPS) is 10.2. The van der Waals surface area contributed by atoms with Crippen LogP contribution in [0.25, 0.3) is 0 Å². The Balaban J connectivity index is 2.56. The van der Waals surface area contributed by atoms with Crippen molar-refractivity contribution in [1.82, 2.24) is 5.32 Å². The van der Waals surface area contributed by atoms with E-state index in [1.165, 1.54) is 12.1 Å². The molecule has 0 aliphatic heterocycles. The number of hydrogen-bond donors (Lipinski definition) is 3. The highest BCUT2D eigenvalue weighted by Gasteiger charge is 2.10. The minimum absolute atomic E-state index is 0.0973. The van der Waals surface area contributed by atoms with E-state index in [0.717, 1.165) is 19.3 Å². The molecule has 4 nitrogen and oxygen atoms in total. The summed E-state index contributed by atoms with van der Waals surface area (Å²) in [7, 11) is 0.